The number of nitrogens with zero attached hydrogens (tertiary/aromatic N) is 2. The minimum atomic E-state index is 0. The standard InChI is InChI=1S/C42H60N2.2C6H5.Ni/c1-5-9-13-15-17-21-31-39-40(32-22-18-16-14-10-6-2)42(38-30-24-28-36(34-38)26-20-12-8-4)44(43)41(39)37-29-23-27-35(33-37)25-19-11-7-3;2*1-2-4-6-5-3-1;/h23-24,27-30,33-34H,5-21,25-26,31H2,1-4H3;2*1-5H;/q;2*-1;+2. The van der Waals surface area contributed by atoms with Crippen LogP contribution in [0.5, 0.6) is 0 Å². The quantitative estimate of drug-likeness (QED) is 0.0264. The number of hydrogen-bond acceptors (Lipinski definition) is 0. The fraction of sp³-hybridized carbons (Fsp3) is 0.444. The van der Waals surface area contributed by atoms with Gasteiger partial charge in [0.15, 0.2) is 0 Å². The summed E-state index contributed by atoms with van der Waals surface area (Å²) in [6.45, 7) is 9.05. The predicted octanol–water partition coefficient (Wildman–Crippen LogP) is 16.0. The molecule has 1 aliphatic rings. The van der Waals surface area contributed by atoms with Gasteiger partial charge in [-0.25, -0.2) is 4.70 Å². The number of hydrogen-bond donors (Lipinski definition) is 0. The van der Waals surface area contributed by atoms with Crippen LogP contribution in [0.3, 0.4) is 0 Å². The minimum Gasteiger partial charge on any atom is -0.493 e. The first-order valence-corrected chi connectivity index (χ1v) is 22.1. The third kappa shape index (κ3) is 19.3. The van der Waals surface area contributed by atoms with E-state index >= 15 is 0 Å². The Hall–Kier alpha value is -3.99. The molecule has 0 amide bonds. The predicted molar refractivity (Wildman–Crippen MR) is 242 cm³/mol. The van der Waals surface area contributed by atoms with Gasteiger partial charge in [-0.2, -0.15) is 72.8 Å². The third-order valence-electron chi connectivity index (χ3n) is 10.2. The van der Waals surface area contributed by atoms with Crippen LogP contribution in [0.4, 0.5) is 0 Å². The molecule has 3 heteroatoms. The summed E-state index contributed by atoms with van der Waals surface area (Å²) in [7, 11) is 0. The van der Waals surface area contributed by atoms with E-state index in [9.17, 15) is 5.53 Å². The van der Waals surface area contributed by atoms with Gasteiger partial charge in [0.05, 0.1) is 0 Å². The summed E-state index contributed by atoms with van der Waals surface area (Å²) in [5.41, 5.74) is 21.1. The van der Waals surface area contributed by atoms with Crippen molar-refractivity contribution in [1.29, 1.82) is 0 Å². The fourth-order valence-corrected chi connectivity index (χ4v) is 7.01. The maximum absolute atomic E-state index is 12.1. The maximum atomic E-state index is 12.1. The van der Waals surface area contributed by atoms with Gasteiger partial charge in [0.2, 0.25) is 11.4 Å². The SMILES string of the molecule is CCCCCCC#CC1=C(c2cccc(CCCCC)c2)[N+](=[N-])C(c2cccc(CCCCC)c2)=C1CCCCCCCC.[Ni+2].[c-]1ccccc1.[c-]1ccccc1. The Morgan fingerprint density at radius 1 is 0.491 bits per heavy atom. The molecule has 57 heavy (non-hydrogen) atoms. The van der Waals surface area contributed by atoms with Crippen molar-refractivity contribution in [3.8, 4) is 11.8 Å². The molecule has 0 N–H and O–H groups in total. The summed E-state index contributed by atoms with van der Waals surface area (Å²) in [6, 6.07) is 42.8. The van der Waals surface area contributed by atoms with Crippen LogP contribution in [0, 0.1) is 24.0 Å². The van der Waals surface area contributed by atoms with Gasteiger partial charge in [0.25, 0.3) is 0 Å². The molecular weight excluding hydrogens is 735 g/mol. The van der Waals surface area contributed by atoms with Crippen molar-refractivity contribution in [1.82, 2.24) is 0 Å². The zero-order valence-electron chi connectivity index (χ0n) is 35.7. The first-order valence-electron chi connectivity index (χ1n) is 22.1. The molecule has 0 saturated carbocycles. The second-order valence-corrected chi connectivity index (χ2v) is 15.0. The number of allylic oxidation sites excluding steroid dienone is 2. The van der Waals surface area contributed by atoms with Crippen LogP contribution in [0.25, 0.3) is 16.9 Å². The van der Waals surface area contributed by atoms with E-state index < -0.39 is 0 Å². The van der Waals surface area contributed by atoms with Crippen LogP contribution in [0.1, 0.15) is 166 Å². The van der Waals surface area contributed by atoms with Crippen molar-refractivity contribution in [2.45, 2.75) is 156 Å². The van der Waals surface area contributed by atoms with Gasteiger partial charge in [0.1, 0.15) is 5.57 Å². The zero-order chi connectivity index (χ0) is 39.9. The van der Waals surface area contributed by atoms with Crippen LogP contribution >= 0.6 is 0 Å². The Labute approximate surface area is 359 Å². The molecule has 4 aromatic rings. The second kappa shape index (κ2) is 32.0. The molecule has 0 unspecified atom stereocenters. The van der Waals surface area contributed by atoms with Crippen LogP contribution in [-0.4, -0.2) is 4.70 Å². The molecule has 0 saturated heterocycles. The average Bonchev–Trinajstić information content (AvgIpc) is 3.52. The van der Waals surface area contributed by atoms with E-state index in [2.05, 4.69) is 100 Å². The molecule has 0 atom stereocenters. The summed E-state index contributed by atoms with van der Waals surface area (Å²) in [5.74, 6) is 7.20. The molecule has 0 fully saturated rings. The van der Waals surface area contributed by atoms with E-state index in [-0.39, 0.29) is 16.5 Å². The van der Waals surface area contributed by atoms with Gasteiger partial charge < -0.3 is 5.53 Å². The topological polar surface area (TPSA) is 25.3 Å². The van der Waals surface area contributed by atoms with Gasteiger partial charge in [-0.3, -0.25) is 0 Å². The smallest absolute Gasteiger partial charge is 0.493 e. The molecule has 0 bridgehead atoms. The maximum Gasteiger partial charge on any atom is 2.00 e. The Morgan fingerprint density at radius 2 is 0.930 bits per heavy atom. The first-order chi connectivity index (χ1) is 27.6. The molecule has 1 heterocycles. The van der Waals surface area contributed by atoms with Gasteiger partial charge >= 0.3 is 16.5 Å². The first kappa shape index (κ1) is 49.2. The number of aryl methyl sites for hydroxylation is 2. The number of benzene rings is 4. The summed E-state index contributed by atoms with van der Waals surface area (Å²) in [6.07, 6.45) is 23.8. The summed E-state index contributed by atoms with van der Waals surface area (Å²) in [4.78, 5) is 0. The molecule has 5 rings (SSSR count). The molecule has 306 valence electrons. The Kier molecular flexibility index (Phi) is 27.6. The van der Waals surface area contributed by atoms with Gasteiger partial charge in [-0.1, -0.05) is 141 Å². The summed E-state index contributed by atoms with van der Waals surface area (Å²) < 4.78 is 1.50. The van der Waals surface area contributed by atoms with Crippen molar-refractivity contribution in [3.63, 3.8) is 0 Å². The molecule has 4 aromatic carbocycles. The number of unbranched alkanes of at least 4 members (excludes halogenated alkanes) is 13. The van der Waals surface area contributed by atoms with E-state index in [0.29, 0.717) is 0 Å². The van der Waals surface area contributed by atoms with Crippen LogP contribution < -0.4 is 0 Å². The van der Waals surface area contributed by atoms with Crippen LogP contribution in [-0.2, 0) is 29.3 Å². The number of rotatable bonds is 21. The molecule has 2 nitrogen and oxygen atoms in total. The zero-order valence-corrected chi connectivity index (χ0v) is 36.7. The van der Waals surface area contributed by atoms with Crippen molar-refractivity contribution >= 4 is 11.4 Å². The van der Waals surface area contributed by atoms with Crippen molar-refractivity contribution in [2.24, 2.45) is 0 Å². The van der Waals surface area contributed by atoms with E-state index in [1.54, 1.807) is 0 Å². The summed E-state index contributed by atoms with van der Waals surface area (Å²) >= 11 is 0. The van der Waals surface area contributed by atoms with E-state index in [1.165, 1.54) is 111 Å². The molecule has 0 spiro atoms. The molecule has 0 aromatic heterocycles. The van der Waals surface area contributed by atoms with E-state index in [1.807, 2.05) is 60.7 Å². The normalized spacial score (nSPS) is 11.8. The summed E-state index contributed by atoms with van der Waals surface area (Å²) in [5, 5.41) is 0. The fourth-order valence-electron chi connectivity index (χ4n) is 7.01. The Balaban J connectivity index is 0.000000730. The van der Waals surface area contributed by atoms with E-state index in [4.69, 9.17) is 0 Å². The average molecular weight is 806 g/mol. The minimum absolute atomic E-state index is 0. The van der Waals surface area contributed by atoms with Crippen molar-refractivity contribution in [2.75, 3.05) is 0 Å². The second-order valence-electron chi connectivity index (χ2n) is 15.0. The van der Waals surface area contributed by atoms with Gasteiger partial charge in [0, 0.05) is 23.1 Å². The Bertz CT molecular complexity index is 1670. The van der Waals surface area contributed by atoms with Crippen LogP contribution in [0.2, 0.25) is 0 Å². The van der Waals surface area contributed by atoms with Gasteiger partial charge in [-0.05, 0) is 80.3 Å². The van der Waals surface area contributed by atoms with Crippen LogP contribution in [0.15, 0.2) is 120 Å². The van der Waals surface area contributed by atoms with Crippen molar-refractivity contribution < 1.29 is 21.2 Å². The third-order valence-corrected chi connectivity index (χ3v) is 10.2. The van der Waals surface area contributed by atoms with Gasteiger partial charge in [-0.15, -0.1) is 0 Å². The largest absolute Gasteiger partial charge is 2.00 e. The van der Waals surface area contributed by atoms with E-state index in [0.717, 1.165) is 66.6 Å². The molecule has 1 aliphatic heterocycles. The molecule has 0 aliphatic carbocycles. The molecule has 0 radical (unpaired) electrons. The Morgan fingerprint density at radius 3 is 1.40 bits per heavy atom. The molecular formula is C54H70N2Ni. The monoisotopic (exact) mass is 804 g/mol. The van der Waals surface area contributed by atoms with Crippen molar-refractivity contribution in [3.05, 3.63) is 160 Å².